The summed E-state index contributed by atoms with van der Waals surface area (Å²) in [5, 5.41) is 16.6. The van der Waals surface area contributed by atoms with E-state index >= 15 is 0 Å². The monoisotopic (exact) mass is 378 g/mol. The molecular formula is C24H18N4O. The maximum Gasteiger partial charge on any atom is 0.252 e. The van der Waals surface area contributed by atoms with Crippen molar-refractivity contribution in [1.82, 2.24) is 15.1 Å². The van der Waals surface area contributed by atoms with E-state index in [9.17, 15) is 10.1 Å². The summed E-state index contributed by atoms with van der Waals surface area (Å²) in [4.78, 5) is 12.9. The number of hydrogen-bond acceptors (Lipinski definition) is 3. The number of carbonyl (C=O) groups excluding carboxylic acids is 1. The van der Waals surface area contributed by atoms with E-state index in [-0.39, 0.29) is 5.91 Å². The van der Waals surface area contributed by atoms with Gasteiger partial charge < -0.3 is 5.32 Å². The van der Waals surface area contributed by atoms with Crippen LogP contribution in [0.15, 0.2) is 91.3 Å². The first-order valence-electron chi connectivity index (χ1n) is 9.22. The van der Waals surface area contributed by atoms with Crippen molar-refractivity contribution in [1.29, 1.82) is 5.26 Å². The smallest absolute Gasteiger partial charge is 0.252 e. The predicted octanol–water partition coefficient (Wildman–Crippen LogP) is 4.34. The van der Waals surface area contributed by atoms with Crippen LogP contribution in [0.5, 0.6) is 0 Å². The summed E-state index contributed by atoms with van der Waals surface area (Å²) < 4.78 is 1.78. The maximum atomic E-state index is 12.9. The molecule has 0 aliphatic heterocycles. The van der Waals surface area contributed by atoms with Crippen LogP contribution in [0.1, 0.15) is 21.5 Å². The van der Waals surface area contributed by atoms with E-state index in [2.05, 4.69) is 16.5 Å². The Morgan fingerprint density at radius 3 is 2.38 bits per heavy atom. The summed E-state index contributed by atoms with van der Waals surface area (Å²) in [5.74, 6) is -0.176. The lowest BCUT2D eigenvalue weighted by Gasteiger charge is -2.12. The van der Waals surface area contributed by atoms with Gasteiger partial charge in [0.2, 0.25) is 0 Å². The molecule has 5 nitrogen and oxygen atoms in total. The SMILES string of the molecule is N#Cc1ccccc1-c1ccccc1C(=O)NCc1ccc(-n2cccn2)cc1. The van der Waals surface area contributed by atoms with Crippen LogP contribution in [-0.2, 0) is 6.54 Å². The number of hydrogen-bond donors (Lipinski definition) is 1. The van der Waals surface area contributed by atoms with Crippen molar-refractivity contribution in [3.8, 4) is 22.9 Å². The van der Waals surface area contributed by atoms with Crippen LogP contribution in [0.3, 0.4) is 0 Å². The molecule has 1 aromatic heterocycles. The number of benzene rings is 3. The highest BCUT2D eigenvalue weighted by Gasteiger charge is 2.14. The first kappa shape index (κ1) is 18.2. The Labute approximate surface area is 168 Å². The fraction of sp³-hybridized carbons (Fsp3) is 0.0417. The quantitative estimate of drug-likeness (QED) is 0.561. The molecule has 1 heterocycles. The average molecular weight is 378 g/mol. The average Bonchev–Trinajstić information content (AvgIpc) is 3.33. The molecule has 5 heteroatoms. The van der Waals surface area contributed by atoms with Crippen molar-refractivity contribution >= 4 is 5.91 Å². The van der Waals surface area contributed by atoms with Gasteiger partial charge in [-0.25, -0.2) is 4.68 Å². The molecule has 4 rings (SSSR count). The van der Waals surface area contributed by atoms with Gasteiger partial charge in [0, 0.05) is 30.1 Å². The number of nitriles is 1. The molecule has 0 aliphatic rings. The first-order valence-corrected chi connectivity index (χ1v) is 9.22. The number of carbonyl (C=O) groups is 1. The highest BCUT2D eigenvalue weighted by Crippen LogP contribution is 2.26. The van der Waals surface area contributed by atoms with Gasteiger partial charge in [-0.3, -0.25) is 4.79 Å². The Bertz CT molecular complexity index is 1170. The third kappa shape index (κ3) is 3.92. The van der Waals surface area contributed by atoms with Crippen molar-refractivity contribution in [3.63, 3.8) is 0 Å². The Morgan fingerprint density at radius 2 is 1.66 bits per heavy atom. The zero-order valence-corrected chi connectivity index (χ0v) is 15.6. The van der Waals surface area contributed by atoms with Gasteiger partial charge in [0.25, 0.3) is 5.91 Å². The van der Waals surface area contributed by atoms with Crippen molar-refractivity contribution in [2.75, 3.05) is 0 Å². The summed E-state index contributed by atoms with van der Waals surface area (Å²) in [6, 6.07) is 26.6. The van der Waals surface area contributed by atoms with E-state index in [0.29, 0.717) is 17.7 Å². The molecule has 4 aromatic rings. The van der Waals surface area contributed by atoms with E-state index in [1.165, 1.54) is 0 Å². The van der Waals surface area contributed by atoms with Crippen molar-refractivity contribution < 1.29 is 4.79 Å². The van der Waals surface area contributed by atoms with Gasteiger partial charge >= 0.3 is 0 Å². The minimum Gasteiger partial charge on any atom is -0.348 e. The van der Waals surface area contributed by atoms with Gasteiger partial charge in [-0.2, -0.15) is 10.4 Å². The molecule has 0 aliphatic carbocycles. The molecule has 0 saturated carbocycles. The van der Waals surface area contributed by atoms with E-state index in [1.54, 1.807) is 23.0 Å². The van der Waals surface area contributed by atoms with Crippen LogP contribution < -0.4 is 5.32 Å². The Balaban J connectivity index is 1.52. The molecule has 1 amide bonds. The summed E-state index contributed by atoms with van der Waals surface area (Å²) in [6.45, 7) is 0.409. The van der Waals surface area contributed by atoms with E-state index in [0.717, 1.165) is 22.4 Å². The highest BCUT2D eigenvalue weighted by atomic mass is 16.1. The lowest BCUT2D eigenvalue weighted by molar-refractivity contribution is 0.0951. The molecular weight excluding hydrogens is 360 g/mol. The van der Waals surface area contributed by atoms with Crippen LogP contribution in [0.2, 0.25) is 0 Å². The van der Waals surface area contributed by atoms with Gasteiger partial charge in [-0.15, -0.1) is 0 Å². The summed E-state index contributed by atoms with van der Waals surface area (Å²) in [7, 11) is 0. The third-order valence-electron chi connectivity index (χ3n) is 4.67. The molecule has 140 valence electrons. The number of nitrogens with one attached hydrogen (secondary N) is 1. The molecule has 29 heavy (non-hydrogen) atoms. The van der Waals surface area contributed by atoms with Crippen LogP contribution >= 0.6 is 0 Å². The summed E-state index contributed by atoms with van der Waals surface area (Å²) in [5.41, 5.74) is 4.54. The van der Waals surface area contributed by atoms with Gasteiger partial charge in [-0.1, -0.05) is 48.5 Å². The molecule has 0 atom stereocenters. The minimum absolute atomic E-state index is 0.176. The highest BCUT2D eigenvalue weighted by molar-refractivity contribution is 6.01. The number of rotatable bonds is 5. The molecule has 0 bridgehead atoms. The van der Waals surface area contributed by atoms with Crippen molar-refractivity contribution in [2.45, 2.75) is 6.54 Å². The molecule has 1 N–H and O–H groups in total. The minimum atomic E-state index is -0.176. The van der Waals surface area contributed by atoms with Gasteiger partial charge in [0.05, 0.1) is 17.3 Å². The lowest BCUT2D eigenvalue weighted by Crippen LogP contribution is -2.23. The largest absolute Gasteiger partial charge is 0.348 e. The number of nitrogens with zero attached hydrogens (tertiary/aromatic N) is 3. The summed E-state index contributed by atoms with van der Waals surface area (Å²) in [6.07, 6.45) is 3.61. The van der Waals surface area contributed by atoms with E-state index in [1.807, 2.05) is 72.9 Å². The second-order valence-electron chi connectivity index (χ2n) is 6.50. The standard InChI is InChI=1S/C24H18N4O/c25-16-19-6-1-2-7-21(19)22-8-3-4-9-23(22)24(29)26-17-18-10-12-20(13-11-18)28-15-5-14-27-28/h1-15H,17H2,(H,26,29). The fourth-order valence-electron chi connectivity index (χ4n) is 3.20. The third-order valence-corrected chi connectivity index (χ3v) is 4.67. The molecule has 0 fully saturated rings. The van der Waals surface area contributed by atoms with Gasteiger partial charge in [0.15, 0.2) is 0 Å². The second-order valence-corrected chi connectivity index (χ2v) is 6.50. The van der Waals surface area contributed by atoms with Crippen molar-refractivity contribution in [3.05, 3.63) is 108 Å². The molecule has 0 saturated heterocycles. The first-order chi connectivity index (χ1) is 14.3. The number of aromatic nitrogens is 2. The normalized spacial score (nSPS) is 10.3. The van der Waals surface area contributed by atoms with Crippen LogP contribution in [0, 0.1) is 11.3 Å². The van der Waals surface area contributed by atoms with E-state index in [4.69, 9.17) is 0 Å². The Hall–Kier alpha value is -4.17. The topological polar surface area (TPSA) is 70.7 Å². The van der Waals surface area contributed by atoms with Crippen LogP contribution in [0.25, 0.3) is 16.8 Å². The predicted molar refractivity (Wildman–Crippen MR) is 111 cm³/mol. The van der Waals surface area contributed by atoms with Crippen molar-refractivity contribution in [2.24, 2.45) is 0 Å². The van der Waals surface area contributed by atoms with E-state index < -0.39 is 0 Å². The zero-order chi connectivity index (χ0) is 20.1. The molecule has 0 spiro atoms. The van der Waals surface area contributed by atoms with Gasteiger partial charge in [0.1, 0.15) is 0 Å². The summed E-state index contributed by atoms with van der Waals surface area (Å²) >= 11 is 0. The Kier molecular flexibility index (Phi) is 5.17. The second kappa shape index (κ2) is 8.24. The number of amides is 1. The zero-order valence-electron chi connectivity index (χ0n) is 15.6. The fourth-order valence-corrected chi connectivity index (χ4v) is 3.20. The molecule has 0 unspecified atom stereocenters. The molecule has 0 radical (unpaired) electrons. The Morgan fingerprint density at radius 1 is 0.931 bits per heavy atom. The van der Waals surface area contributed by atoms with Crippen LogP contribution in [0.4, 0.5) is 0 Å². The lowest BCUT2D eigenvalue weighted by atomic mass is 9.95. The van der Waals surface area contributed by atoms with Gasteiger partial charge in [-0.05, 0) is 41.5 Å². The maximum absolute atomic E-state index is 12.9. The molecule has 3 aromatic carbocycles. The van der Waals surface area contributed by atoms with Crippen LogP contribution in [-0.4, -0.2) is 15.7 Å².